The number of hydrogen-bond acceptors (Lipinski definition) is 7. The molecule has 0 aliphatic carbocycles. The number of benzene rings is 1. The van der Waals surface area contributed by atoms with Gasteiger partial charge in [-0.1, -0.05) is 17.7 Å². The van der Waals surface area contributed by atoms with Crippen LogP contribution < -0.4 is 0 Å². The number of ether oxygens (including phenoxy) is 2. The van der Waals surface area contributed by atoms with Gasteiger partial charge in [0, 0.05) is 0 Å². The first-order chi connectivity index (χ1) is 11.1. The lowest BCUT2D eigenvalue weighted by atomic mass is 10.1. The van der Waals surface area contributed by atoms with E-state index in [0.717, 1.165) is 5.56 Å². The van der Waals surface area contributed by atoms with E-state index >= 15 is 0 Å². The zero-order valence-electron chi connectivity index (χ0n) is 13.2. The van der Waals surface area contributed by atoms with Crippen molar-refractivity contribution in [2.24, 2.45) is 0 Å². The molecule has 0 N–H and O–H groups in total. The molecule has 0 saturated heterocycles. The summed E-state index contributed by atoms with van der Waals surface area (Å²) in [5.41, 5.74) is -0.921. The first-order valence-electron chi connectivity index (χ1n) is 6.94. The zero-order valence-corrected chi connectivity index (χ0v) is 15.6. The number of carbonyl (C=O) groups excluding carboxylic acids is 2. The second kappa shape index (κ2) is 6.56. The van der Waals surface area contributed by atoms with E-state index in [1.807, 2.05) is 0 Å². The van der Waals surface area contributed by atoms with Crippen molar-refractivity contribution in [2.75, 3.05) is 6.61 Å². The van der Waals surface area contributed by atoms with Crippen molar-refractivity contribution in [1.82, 2.24) is 0 Å². The number of cyclic esters (lactones) is 1. The minimum atomic E-state index is -4.26. The molecule has 130 valence electrons. The lowest BCUT2D eigenvalue weighted by Crippen LogP contribution is -2.38. The molecule has 1 aliphatic rings. The van der Waals surface area contributed by atoms with Crippen LogP contribution >= 0.6 is 15.9 Å². The number of esters is 2. The van der Waals surface area contributed by atoms with Crippen LogP contribution in [0.3, 0.4) is 0 Å². The van der Waals surface area contributed by atoms with Gasteiger partial charge in [-0.25, -0.2) is 9.59 Å². The molecule has 1 aliphatic heterocycles. The Morgan fingerprint density at radius 2 is 1.88 bits per heavy atom. The Bertz CT molecular complexity index is 811. The van der Waals surface area contributed by atoms with E-state index in [9.17, 15) is 18.0 Å². The summed E-state index contributed by atoms with van der Waals surface area (Å²) >= 11 is 3.02. The van der Waals surface area contributed by atoms with E-state index in [1.165, 1.54) is 19.1 Å². The molecule has 0 radical (unpaired) electrons. The summed E-state index contributed by atoms with van der Waals surface area (Å²) in [6, 6.07) is 5.89. The molecule has 0 amide bonds. The molecule has 24 heavy (non-hydrogen) atoms. The Morgan fingerprint density at radius 1 is 1.29 bits per heavy atom. The summed E-state index contributed by atoms with van der Waals surface area (Å²) in [7, 11) is -4.26. The van der Waals surface area contributed by atoms with E-state index < -0.39 is 33.4 Å². The molecule has 0 bridgehead atoms. The van der Waals surface area contributed by atoms with Crippen LogP contribution in [0.4, 0.5) is 0 Å². The molecule has 0 aromatic heterocycles. The van der Waals surface area contributed by atoms with Crippen molar-refractivity contribution in [3.05, 3.63) is 40.1 Å². The van der Waals surface area contributed by atoms with Crippen LogP contribution in [0.15, 0.2) is 39.4 Å². The van der Waals surface area contributed by atoms with Gasteiger partial charge in [0.15, 0.2) is 0 Å². The largest absolute Gasteiger partial charge is 0.463 e. The Morgan fingerprint density at radius 3 is 2.42 bits per heavy atom. The molecule has 0 spiro atoms. The standard InChI is InChI=1S/C15H15BrO7S/c1-4-21-14(18)15(3)12(16)11(13(17)22-15)23-24(19,20)10-7-5-9(2)6-8-10/h5-8H,4H2,1-3H3. The van der Waals surface area contributed by atoms with Gasteiger partial charge in [-0.05, 0) is 48.8 Å². The summed E-state index contributed by atoms with van der Waals surface area (Å²) in [6.07, 6.45) is 0. The number of hydrogen-bond donors (Lipinski definition) is 0. The molecule has 0 fully saturated rings. The monoisotopic (exact) mass is 418 g/mol. The van der Waals surface area contributed by atoms with Crippen LogP contribution in [0.5, 0.6) is 0 Å². The lowest BCUT2D eigenvalue weighted by Gasteiger charge is -2.20. The fourth-order valence-corrected chi connectivity index (χ4v) is 3.45. The van der Waals surface area contributed by atoms with E-state index in [4.69, 9.17) is 13.7 Å². The molecule has 1 aromatic rings. The van der Waals surface area contributed by atoms with Crippen LogP contribution in [-0.2, 0) is 33.4 Å². The smallest absolute Gasteiger partial charge is 0.377 e. The first-order valence-corrected chi connectivity index (χ1v) is 9.14. The van der Waals surface area contributed by atoms with Gasteiger partial charge in [0.25, 0.3) is 0 Å². The van der Waals surface area contributed by atoms with Gasteiger partial charge < -0.3 is 13.7 Å². The highest BCUT2D eigenvalue weighted by Crippen LogP contribution is 2.39. The maximum absolute atomic E-state index is 12.3. The topological polar surface area (TPSA) is 96.0 Å². The van der Waals surface area contributed by atoms with Crippen LogP contribution in [0.2, 0.25) is 0 Å². The molecule has 1 aromatic carbocycles. The molecule has 1 heterocycles. The second-order valence-electron chi connectivity index (χ2n) is 5.14. The van der Waals surface area contributed by atoms with Crippen LogP contribution in [-0.4, -0.2) is 32.6 Å². The van der Waals surface area contributed by atoms with E-state index in [2.05, 4.69) is 15.9 Å². The minimum Gasteiger partial charge on any atom is -0.463 e. The van der Waals surface area contributed by atoms with Gasteiger partial charge in [-0.2, -0.15) is 8.42 Å². The van der Waals surface area contributed by atoms with Crippen LogP contribution in [0, 0.1) is 6.92 Å². The summed E-state index contributed by atoms with van der Waals surface area (Å²) in [4.78, 5) is 23.8. The summed E-state index contributed by atoms with van der Waals surface area (Å²) in [5.74, 6) is -2.52. The van der Waals surface area contributed by atoms with Gasteiger partial charge in [-0.3, -0.25) is 0 Å². The zero-order chi connectivity index (χ0) is 18.1. The third-order valence-electron chi connectivity index (χ3n) is 3.27. The molecule has 1 unspecified atom stereocenters. The second-order valence-corrected chi connectivity index (χ2v) is 7.48. The average molecular weight is 419 g/mol. The number of rotatable bonds is 5. The maximum atomic E-state index is 12.3. The van der Waals surface area contributed by atoms with Crippen molar-refractivity contribution in [3.8, 4) is 0 Å². The first kappa shape index (κ1) is 18.5. The Balaban J connectivity index is 2.37. The van der Waals surface area contributed by atoms with E-state index in [-0.39, 0.29) is 16.0 Å². The SMILES string of the molecule is CCOC(=O)C1(C)OC(=O)C(OS(=O)(=O)c2ccc(C)cc2)=C1Br. The van der Waals surface area contributed by atoms with Gasteiger partial charge in [0.2, 0.25) is 11.4 Å². The van der Waals surface area contributed by atoms with Crippen molar-refractivity contribution in [2.45, 2.75) is 31.3 Å². The van der Waals surface area contributed by atoms with Crippen LogP contribution in [0.1, 0.15) is 19.4 Å². The van der Waals surface area contributed by atoms with E-state index in [0.29, 0.717) is 0 Å². The Kier molecular flexibility index (Phi) is 5.05. The fraction of sp³-hybridized carbons (Fsp3) is 0.333. The predicted molar refractivity (Wildman–Crippen MR) is 86.5 cm³/mol. The van der Waals surface area contributed by atoms with E-state index in [1.54, 1.807) is 26.0 Å². The third-order valence-corrected chi connectivity index (χ3v) is 5.62. The normalized spacial score (nSPS) is 20.8. The van der Waals surface area contributed by atoms with Crippen molar-refractivity contribution in [1.29, 1.82) is 0 Å². The fourth-order valence-electron chi connectivity index (χ4n) is 1.92. The third kappa shape index (κ3) is 3.32. The van der Waals surface area contributed by atoms with Gasteiger partial charge in [0.1, 0.15) is 9.38 Å². The molecule has 2 rings (SSSR count). The average Bonchev–Trinajstić information content (AvgIpc) is 2.72. The molecular formula is C15H15BrO7S. The molecular weight excluding hydrogens is 404 g/mol. The van der Waals surface area contributed by atoms with Gasteiger partial charge >= 0.3 is 22.1 Å². The maximum Gasteiger partial charge on any atom is 0.377 e. The summed E-state index contributed by atoms with van der Waals surface area (Å²) in [5, 5.41) is 0. The summed E-state index contributed by atoms with van der Waals surface area (Å²) < 4.78 is 39.1. The van der Waals surface area contributed by atoms with Gasteiger partial charge in [-0.15, -0.1) is 0 Å². The highest BCUT2D eigenvalue weighted by molar-refractivity contribution is 9.11. The number of aryl methyl sites for hydroxylation is 1. The van der Waals surface area contributed by atoms with Crippen molar-refractivity contribution < 1.29 is 31.7 Å². The van der Waals surface area contributed by atoms with Crippen LogP contribution in [0.25, 0.3) is 0 Å². The van der Waals surface area contributed by atoms with Crippen molar-refractivity contribution in [3.63, 3.8) is 0 Å². The molecule has 0 saturated carbocycles. The molecule has 9 heteroatoms. The van der Waals surface area contributed by atoms with Crippen molar-refractivity contribution >= 4 is 38.0 Å². The number of carbonyl (C=O) groups is 2. The summed E-state index contributed by atoms with van der Waals surface area (Å²) in [6.45, 7) is 4.75. The highest BCUT2D eigenvalue weighted by Gasteiger charge is 2.52. The quantitative estimate of drug-likeness (QED) is 0.533. The van der Waals surface area contributed by atoms with Gasteiger partial charge in [0.05, 0.1) is 6.61 Å². The minimum absolute atomic E-state index is 0.0735. The molecule has 7 nitrogen and oxygen atoms in total. The Labute approximate surface area is 147 Å². The highest BCUT2D eigenvalue weighted by atomic mass is 79.9. The lowest BCUT2D eigenvalue weighted by molar-refractivity contribution is -0.170. The number of halogens is 1. The predicted octanol–water partition coefficient (Wildman–Crippen LogP) is 2.19. The Hall–Kier alpha value is -1.87. The molecule has 1 atom stereocenters.